The van der Waals surface area contributed by atoms with Gasteiger partial charge in [0.15, 0.2) is 0 Å². The number of rotatable bonds is 8. The number of hydrogen-bond donors (Lipinski definition) is 2. The maximum atomic E-state index is 11.7. The van der Waals surface area contributed by atoms with Crippen molar-refractivity contribution >= 4 is 22.3 Å². The van der Waals surface area contributed by atoms with E-state index in [1.165, 1.54) is 12.2 Å². The van der Waals surface area contributed by atoms with E-state index in [1.807, 2.05) is 0 Å². The maximum absolute atomic E-state index is 11.7. The van der Waals surface area contributed by atoms with E-state index in [-0.39, 0.29) is 12.8 Å². The fraction of sp³-hybridized carbons (Fsp3) is 0.400. The van der Waals surface area contributed by atoms with Crippen LogP contribution < -0.4 is 0 Å². The van der Waals surface area contributed by atoms with Crippen molar-refractivity contribution in [1.29, 1.82) is 0 Å². The minimum atomic E-state index is -4.99. The Hall–Kier alpha value is -1.67. The molecule has 0 rings (SSSR count). The van der Waals surface area contributed by atoms with Crippen LogP contribution >= 0.6 is 0 Å². The van der Waals surface area contributed by atoms with Crippen LogP contribution in [-0.4, -0.2) is 30.0 Å². The van der Waals surface area contributed by atoms with Gasteiger partial charge in [-0.1, -0.05) is 12.2 Å². The van der Waals surface area contributed by atoms with E-state index in [0.29, 0.717) is 0 Å². The summed E-state index contributed by atoms with van der Waals surface area (Å²) >= 11 is 0. The van der Waals surface area contributed by atoms with Crippen molar-refractivity contribution < 1.29 is 31.8 Å². The lowest BCUT2D eigenvalue weighted by molar-refractivity contribution is -0.153. The molecule has 0 aromatic carbocycles. The average molecular weight is 278 g/mol. The van der Waals surface area contributed by atoms with Gasteiger partial charge >= 0.3 is 22.3 Å². The molecule has 0 amide bonds. The molecule has 0 aromatic rings. The molecule has 0 radical (unpaired) electrons. The molecule has 2 N–H and O–H groups in total. The summed E-state index contributed by atoms with van der Waals surface area (Å²) in [6.07, 6.45) is 1.61. The Labute approximate surface area is 105 Å². The number of carbonyl (C=O) groups excluding carboxylic acids is 1. The lowest BCUT2D eigenvalue weighted by Crippen LogP contribution is -2.36. The Balaban J connectivity index is 5.38. The van der Waals surface area contributed by atoms with Crippen molar-refractivity contribution in [1.82, 2.24) is 0 Å². The summed E-state index contributed by atoms with van der Waals surface area (Å²) in [5.41, 5.74) is -1.65. The molecule has 0 atom stereocenters. The summed E-state index contributed by atoms with van der Waals surface area (Å²) in [6.45, 7) is 6.73. The highest BCUT2D eigenvalue weighted by atomic mass is 32.3. The second-order valence-corrected chi connectivity index (χ2v) is 4.66. The normalized spacial score (nSPS) is 11.6. The minimum absolute atomic E-state index is 0.125. The Morgan fingerprint density at radius 2 is 1.67 bits per heavy atom. The van der Waals surface area contributed by atoms with Gasteiger partial charge in [-0.25, -0.2) is 0 Å². The van der Waals surface area contributed by atoms with Gasteiger partial charge in [-0.15, -0.1) is 13.2 Å². The highest BCUT2D eigenvalue weighted by Gasteiger charge is 2.42. The number of carboxylic acid groups (broad SMARTS) is 1. The standard InChI is InChI=1S/C10H14O7S/c1-3-5-10(6-4-2,7-8(11)12)9(13)17-18(14,15)16/h3-4H,1-2,5-7H2,(H,11,12)(H,14,15,16). The summed E-state index contributed by atoms with van der Waals surface area (Å²) in [7, 11) is -4.99. The Morgan fingerprint density at radius 1 is 1.22 bits per heavy atom. The van der Waals surface area contributed by atoms with E-state index in [1.54, 1.807) is 0 Å². The number of carbonyl (C=O) groups is 2. The van der Waals surface area contributed by atoms with Crippen LogP contribution in [-0.2, 0) is 24.2 Å². The van der Waals surface area contributed by atoms with Gasteiger partial charge < -0.3 is 9.29 Å². The third-order valence-corrected chi connectivity index (χ3v) is 2.54. The summed E-state index contributed by atoms with van der Waals surface area (Å²) in [4.78, 5) is 22.4. The summed E-state index contributed by atoms with van der Waals surface area (Å²) in [6, 6.07) is 0. The van der Waals surface area contributed by atoms with E-state index in [9.17, 15) is 18.0 Å². The van der Waals surface area contributed by atoms with Crippen molar-refractivity contribution in [3.05, 3.63) is 25.3 Å². The molecule has 7 nitrogen and oxygen atoms in total. The van der Waals surface area contributed by atoms with Crippen LogP contribution in [0.25, 0.3) is 0 Å². The van der Waals surface area contributed by atoms with E-state index < -0.39 is 34.2 Å². The second kappa shape index (κ2) is 6.31. The van der Waals surface area contributed by atoms with Crippen LogP contribution in [0.4, 0.5) is 0 Å². The largest absolute Gasteiger partial charge is 0.481 e. The number of allylic oxidation sites excluding steroid dienone is 2. The lowest BCUT2D eigenvalue weighted by Gasteiger charge is -2.26. The van der Waals surface area contributed by atoms with Crippen molar-refractivity contribution in [2.45, 2.75) is 19.3 Å². The molecule has 0 spiro atoms. The highest BCUT2D eigenvalue weighted by Crippen LogP contribution is 2.34. The summed E-state index contributed by atoms with van der Waals surface area (Å²) < 4.78 is 33.3. The molecule has 18 heavy (non-hydrogen) atoms. The molecule has 0 fully saturated rings. The van der Waals surface area contributed by atoms with Gasteiger partial charge in [-0.2, -0.15) is 8.42 Å². The number of aliphatic carboxylic acids is 1. The predicted octanol–water partition coefficient (Wildman–Crippen LogP) is 0.946. The van der Waals surface area contributed by atoms with Crippen LogP contribution in [0.3, 0.4) is 0 Å². The van der Waals surface area contributed by atoms with Gasteiger partial charge in [-0.05, 0) is 12.8 Å². The molecule has 0 saturated carbocycles. The minimum Gasteiger partial charge on any atom is -0.481 e. The van der Waals surface area contributed by atoms with E-state index in [2.05, 4.69) is 17.3 Å². The van der Waals surface area contributed by atoms with Gasteiger partial charge in [0.1, 0.15) is 0 Å². The summed E-state index contributed by atoms with van der Waals surface area (Å²) in [5.74, 6) is -2.67. The van der Waals surface area contributed by atoms with Gasteiger partial charge in [0, 0.05) is 0 Å². The topological polar surface area (TPSA) is 118 Å². The zero-order valence-corrected chi connectivity index (χ0v) is 10.4. The quantitative estimate of drug-likeness (QED) is 0.501. The van der Waals surface area contributed by atoms with Gasteiger partial charge in [0.05, 0.1) is 11.8 Å². The molecular formula is C10H14O7S. The maximum Gasteiger partial charge on any atom is 0.448 e. The van der Waals surface area contributed by atoms with Gasteiger partial charge in [-0.3, -0.25) is 14.1 Å². The SMILES string of the molecule is C=CCC(CC=C)(CC(=O)O)C(=O)OS(=O)(=O)O. The van der Waals surface area contributed by atoms with Gasteiger partial charge in [0.25, 0.3) is 0 Å². The predicted molar refractivity (Wildman–Crippen MR) is 62.0 cm³/mol. The zero-order valence-electron chi connectivity index (χ0n) is 9.53. The van der Waals surface area contributed by atoms with E-state index in [4.69, 9.17) is 9.66 Å². The van der Waals surface area contributed by atoms with Crippen LogP contribution in [0.2, 0.25) is 0 Å². The van der Waals surface area contributed by atoms with Crippen LogP contribution in [0.5, 0.6) is 0 Å². The van der Waals surface area contributed by atoms with Crippen LogP contribution in [0.15, 0.2) is 25.3 Å². The van der Waals surface area contributed by atoms with Crippen LogP contribution in [0, 0.1) is 5.41 Å². The van der Waals surface area contributed by atoms with Crippen LogP contribution in [0.1, 0.15) is 19.3 Å². The fourth-order valence-corrected chi connectivity index (χ4v) is 1.86. The molecule has 8 heteroatoms. The van der Waals surface area contributed by atoms with E-state index >= 15 is 0 Å². The Morgan fingerprint density at radius 3 is 1.94 bits per heavy atom. The van der Waals surface area contributed by atoms with E-state index in [0.717, 1.165) is 0 Å². The first-order valence-corrected chi connectivity index (χ1v) is 6.18. The molecule has 0 bridgehead atoms. The van der Waals surface area contributed by atoms with Crippen molar-refractivity contribution in [3.8, 4) is 0 Å². The fourth-order valence-electron chi connectivity index (χ4n) is 1.49. The Bertz CT molecular complexity index is 439. The smallest absolute Gasteiger partial charge is 0.448 e. The molecule has 0 aliphatic heterocycles. The van der Waals surface area contributed by atoms with Crippen molar-refractivity contribution in [2.24, 2.45) is 5.41 Å². The number of carboxylic acids is 1. The molecule has 0 aliphatic rings. The summed E-state index contributed by atoms with van der Waals surface area (Å²) in [5, 5.41) is 8.76. The van der Waals surface area contributed by atoms with Gasteiger partial charge in [0.2, 0.25) is 0 Å². The first-order chi connectivity index (χ1) is 8.17. The Kier molecular flexibility index (Phi) is 5.73. The monoisotopic (exact) mass is 278 g/mol. The second-order valence-electron chi connectivity index (χ2n) is 3.63. The highest BCUT2D eigenvalue weighted by molar-refractivity contribution is 7.81. The average Bonchev–Trinajstić information content (AvgIpc) is 2.14. The third-order valence-electron chi connectivity index (χ3n) is 2.17. The van der Waals surface area contributed by atoms with Crippen molar-refractivity contribution in [2.75, 3.05) is 0 Å². The molecule has 0 heterocycles. The zero-order chi connectivity index (χ0) is 14.4. The molecule has 0 aromatic heterocycles. The molecular weight excluding hydrogens is 264 g/mol. The third kappa shape index (κ3) is 5.11. The number of hydrogen-bond acceptors (Lipinski definition) is 5. The molecule has 102 valence electrons. The molecule has 0 aliphatic carbocycles. The molecule has 0 unspecified atom stereocenters. The lowest BCUT2D eigenvalue weighted by atomic mass is 9.78. The van der Waals surface area contributed by atoms with Crippen molar-refractivity contribution in [3.63, 3.8) is 0 Å². The first kappa shape index (κ1) is 16.3. The molecule has 0 saturated heterocycles. The first-order valence-electron chi connectivity index (χ1n) is 4.82.